The first kappa shape index (κ1) is 17.1. The van der Waals surface area contributed by atoms with E-state index in [2.05, 4.69) is 111 Å². The Morgan fingerprint density at radius 3 is 2.03 bits per heavy atom. The van der Waals surface area contributed by atoms with Gasteiger partial charge in [-0.3, -0.25) is 0 Å². The highest BCUT2D eigenvalue weighted by Crippen LogP contribution is 2.53. The van der Waals surface area contributed by atoms with Crippen molar-refractivity contribution in [3.05, 3.63) is 108 Å². The second-order valence-corrected chi connectivity index (χ2v) is 9.37. The molecule has 0 heteroatoms. The number of benzene rings is 6. The van der Waals surface area contributed by atoms with Crippen molar-refractivity contribution in [3.8, 4) is 11.1 Å². The van der Waals surface area contributed by atoms with Crippen molar-refractivity contribution in [1.82, 2.24) is 0 Å². The summed E-state index contributed by atoms with van der Waals surface area (Å²) in [5.74, 6) is 0. The van der Waals surface area contributed by atoms with E-state index in [1.807, 2.05) is 0 Å². The molecule has 146 valence electrons. The highest BCUT2D eigenvalue weighted by atomic mass is 14.4. The molecule has 0 saturated heterocycles. The third-order valence-electron chi connectivity index (χ3n) is 7.38. The van der Waals surface area contributed by atoms with E-state index in [1.165, 1.54) is 65.3 Å². The Bertz CT molecular complexity index is 1700. The van der Waals surface area contributed by atoms with E-state index in [1.54, 1.807) is 0 Å². The molecule has 0 N–H and O–H groups in total. The molecule has 0 aliphatic heterocycles. The molecule has 0 spiro atoms. The predicted molar refractivity (Wildman–Crippen MR) is 134 cm³/mol. The summed E-state index contributed by atoms with van der Waals surface area (Å²) in [5, 5.41) is 10.8. The summed E-state index contributed by atoms with van der Waals surface area (Å²) in [6.07, 6.45) is 0. The predicted octanol–water partition coefficient (Wildman–Crippen LogP) is 8.61. The molecule has 0 unspecified atom stereocenters. The lowest BCUT2D eigenvalue weighted by atomic mass is 9.66. The number of rotatable bonds is 0. The molecule has 0 fully saturated rings. The molecule has 6 aromatic carbocycles. The van der Waals surface area contributed by atoms with Gasteiger partial charge in [-0.05, 0) is 71.4 Å². The van der Waals surface area contributed by atoms with Crippen LogP contribution in [-0.2, 0) is 5.41 Å². The zero-order valence-corrected chi connectivity index (χ0v) is 17.7. The lowest BCUT2D eigenvalue weighted by Crippen LogP contribution is -2.24. The molecule has 0 saturated carbocycles. The standard InChI is InChI=1S/C31H22/c1-31(2)27-18-21-9-4-5-10-22(21)24-12-7-13-25(29(24)27)26-17-16-20-15-14-19-8-3-6-11-23(19)28(20)30(26)31/h3-18H,1-2H3. The summed E-state index contributed by atoms with van der Waals surface area (Å²) in [7, 11) is 0. The Hall–Kier alpha value is -3.64. The summed E-state index contributed by atoms with van der Waals surface area (Å²) >= 11 is 0. The first-order valence-electron chi connectivity index (χ1n) is 11.0. The average molecular weight is 395 g/mol. The molecule has 31 heavy (non-hydrogen) atoms. The van der Waals surface area contributed by atoms with E-state index < -0.39 is 0 Å². The average Bonchev–Trinajstić information content (AvgIpc) is 2.81. The fraction of sp³-hybridized carbons (Fsp3) is 0.0968. The van der Waals surface area contributed by atoms with Gasteiger partial charge in [0.1, 0.15) is 0 Å². The van der Waals surface area contributed by atoms with Gasteiger partial charge in [-0.2, -0.15) is 0 Å². The maximum absolute atomic E-state index is 2.44. The summed E-state index contributed by atoms with van der Waals surface area (Å²) in [5.41, 5.74) is 5.53. The Balaban J connectivity index is 1.76. The fourth-order valence-corrected chi connectivity index (χ4v) is 5.99. The van der Waals surface area contributed by atoms with E-state index in [0.717, 1.165) is 0 Å². The fourth-order valence-electron chi connectivity index (χ4n) is 5.99. The van der Waals surface area contributed by atoms with Gasteiger partial charge >= 0.3 is 0 Å². The molecule has 0 nitrogen and oxygen atoms in total. The van der Waals surface area contributed by atoms with Crippen LogP contribution in [0.1, 0.15) is 25.0 Å². The molecule has 0 atom stereocenters. The third-order valence-corrected chi connectivity index (χ3v) is 7.38. The molecule has 0 radical (unpaired) electrons. The molecule has 7 rings (SSSR count). The molecule has 6 aromatic rings. The van der Waals surface area contributed by atoms with Crippen molar-refractivity contribution < 1.29 is 0 Å². The van der Waals surface area contributed by atoms with Gasteiger partial charge in [0.2, 0.25) is 0 Å². The first-order chi connectivity index (χ1) is 15.1. The lowest BCUT2D eigenvalue weighted by Gasteiger charge is -2.37. The number of fused-ring (bicyclic) bond motifs is 8. The minimum Gasteiger partial charge on any atom is -0.0616 e. The van der Waals surface area contributed by atoms with Crippen LogP contribution in [0.3, 0.4) is 0 Å². The Kier molecular flexibility index (Phi) is 3.16. The van der Waals surface area contributed by atoms with Crippen molar-refractivity contribution in [2.24, 2.45) is 0 Å². The first-order valence-corrected chi connectivity index (χ1v) is 11.0. The lowest BCUT2D eigenvalue weighted by molar-refractivity contribution is 0.652. The quantitative estimate of drug-likeness (QED) is 0.226. The smallest absolute Gasteiger partial charge is 0.0165 e. The van der Waals surface area contributed by atoms with E-state index in [9.17, 15) is 0 Å². The van der Waals surface area contributed by atoms with Crippen molar-refractivity contribution >= 4 is 43.1 Å². The molecule has 0 bridgehead atoms. The van der Waals surface area contributed by atoms with Gasteiger partial charge < -0.3 is 0 Å². The molecule has 1 aliphatic carbocycles. The largest absolute Gasteiger partial charge is 0.0616 e. The van der Waals surface area contributed by atoms with Crippen LogP contribution in [0.2, 0.25) is 0 Å². The summed E-state index contributed by atoms with van der Waals surface area (Å²) in [6, 6.07) is 36.1. The molecule has 1 aliphatic rings. The Morgan fingerprint density at radius 1 is 0.484 bits per heavy atom. The Labute approximate surface area is 181 Å². The van der Waals surface area contributed by atoms with Crippen molar-refractivity contribution in [1.29, 1.82) is 0 Å². The maximum atomic E-state index is 2.44. The Morgan fingerprint density at radius 2 is 1.16 bits per heavy atom. The topological polar surface area (TPSA) is 0 Å². The van der Waals surface area contributed by atoms with E-state index in [-0.39, 0.29) is 5.41 Å². The van der Waals surface area contributed by atoms with Crippen LogP contribution in [0.25, 0.3) is 54.2 Å². The molecule has 0 aromatic heterocycles. The normalized spacial score (nSPS) is 14.4. The maximum Gasteiger partial charge on any atom is 0.0165 e. The van der Waals surface area contributed by atoms with Gasteiger partial charge in [0.15, 0.2) is 0 Å². The molecule has 0 heterocycles. The van der Waals surface area contributed by atoms with Crippen molar-refractivity contribution in [2.45, 2.75) is 19.3 Å². The van der Waals surface area contributed by atoms with Crippen LogP contribution >= 0.6 is 0 Å². The number of hydrogen-bond acceptors (Lipinski definition) is 0. The van der Waals surface area contributed by atoms with Crippen molar-refractivity contribution in [2.75, 3.05) is 0 Å². The van der Waals surface area contributed by atoms with Gasteiger partial charge in [0.25, 0.3) is 0 Å². The molecular weight excluding hydrogens is 372 g/mol. The van der Waals surface area contributed by atoms with E-state index >= 15 is 0 Å². The highest BCUT2D eigenvalue weighted by molar-refractivity contribution is 6.19. The summed E-state index contributed by atoms with van der Waals surface area (Å²) in [4.78, 5) is 0. The van der Waals surface area contributed by atoms with E-state index in [0.29, 0.717) is 0 Å². The SMILES string of the molecule is CC1(C)c2cc3ccccc3c3cccc(c23)-c2ccc3ccc4ccccc4c3c21. The minimum absolute atomic E-state index is 0.102. The van der Waals surface area contributed by atoms with Crippen LogP contribution in [0.5, 0.6) is 0 Å². The molecule has 0 amide bonds. The minimum atomic E-state index is -0.102. The van der Waals surface area contributed by atoms with Crippen molar-refractivity contribution in [3.63, 3.8) is 0 Å². The third kappa shape index (κ3) is 2.10. The van der Waals surface area contributed by atoms with Crippen LogP contribution in [-0.4, -0.2) is 0 Å². The van der Waals surface area contributed by atoms with Gasteiger partial charge in [0.05, 0.1) is 0 Å². The monoisotopic (exact) mass is 394 g/mol. The van der Waals surface area contributed by atoms with Gasteiger partial charge in [-0.25, -0.2) is 0 Å². The zero-order valence-electron chi connectivity index (χ0n) is 17.7. The zero-order chi connectivity index (χ0) is 20.7. The highest BCUT2D eigenvalue weighted by Gasteiger charge is 2.35. The van der Waals surface area contributed by atoms with Crippen LogP contribution in [0.15, 0.2) is 97.1 Å². The summed E-state index contributed by atoms with van der Waals surface area (Å²) < 4.78 is 0. The second-order valence-electron chi connectivity index (χ2n) is 9.37. The second kappa shape index (κ2) is 5.74. The van der Waals surface area contributed by atoms with Crippen LogP contribution in [0.4, 0.5) is 0 Å². The van der Waals surface area contributed by atoms with E-state index in [4.69, 9.17) is 0 Å². The molecular formula is C31H22. The van der Waals surface area contributed by atoms with Crippen LogP contribution < -0.4 is 0 Å². The summed E-state index contributed by atoms with van der Waals surface area (Å²) in [6.45, 7) is 4.82. The number of hydrogen-bond donors (Lipinski definition) is 0. The van der Waals surface area contributed by atoms with Crippen LogP contribution in [0, 0.1) is 0 Å². The van der Waals surface area contributed by atoms with Gasteiger partial charge in [-0.1, -0.05) is 105 Å². The van der Waals surface area contributed by atoms with Gasteiger partial charge in [-0.15, -0.1) is 0 Å². The van der Waals surface area contributed by atoms with Gasteiger partial charge in [0, 0.05) is 5.41 Å².